The molecule has 0 radical (unpaired) electrons. The van der Waals surface area contributed by atoms with Gasteiger partial charge in [0.2, 0.25) is 0 Å². The molecule has 1 aliphatic carbocycles. The molecule has 32 heavy (non-hydrogen) atoms. The predicted molar refractivity (Wildman–Crippen MR) is 113 cm³/mol. The summed E-state index contributed by atoms with van der Waals surface area (Å²) >= 11 is 0. The molecule has 1 aliphatic heterocycles. The largest absolute Gasteiger partial charge is 0.421 e. The van der Waals surface area contributed by atoms with E-state index in [1.54, 1.807) is 14.0 Å². The molecular formula is C21H19F2N7O2. The number of benzene rings is 1. The average molecular weight is 439 g/mol. The van der Waals surface area contributed by atoms with Crippen LogP contribution < -0.4 is 15.0 Å². The number of aliphatic hydroxyl groups excluding tert-OH is 1. The third kappa shape index (κ3) is 2.77. The Morgan fingerprint density at radius 1 is 1.16 bits per heavy atom. The number of piperidine rings is 1. The van der Waals surface area contributed by atoms with Crippen LogP contribution >= 0.6 is 0 Å². The maximum atomic E-state index is 15.0. The smallest absolute Gasteiger partial charge is 0.326 e. The first kappa shape index (κ1) is 19.1. The summed E-state index contributed by atoms with van der Waals surface area (Å²) < 4.78 is 35.1. The lowest BCUT2D eigenvalue weighted by Crippen LogP contribution is -2.26. The lowest BCUT2D eigenvalue weighted by atomic mass is 10.1. The number of hydrogen-bond donors (Lipinski definition) is 3. The second kappa shape index (κ2) is 6.70. The Morgan fingerprint density at radius 2 is 1.88 bits per heavy atom. The van der Waals surface area contributed by atoms with Crippen molar-refractivity contribution in [3.8, 4) is 11.8 Å². The minimum Gasteiger partial charge on any atom is -0.421 e. The van der Waals surface area contributed by atoms with Gasteiger partial charge in [0.25, 0.3) is 0 Å². The van der Waals surface area contributed by atoms with Crippen LogP contribution in [0.5, 0.6) is 11.8 Å². The van der Waals surface area contributed by atoms with Gasteiger partial charge >= 0.3 is 6.01 Å². The molecule has 9 nitrogen and oxygen atoms in total. The standard InChI is InChI=1S/C21H19F2N7O2/c1-8-25-4-9(5-26-8)32-21-28-19-15(20(29-21)30-6-10-11(7-30)18(10)31)14-16(23)12(22)3-13(24-2)17(14)27-19/h3-5,10-11,18,24,31H,6-7H2,1-2H3,(H,27,28,29). The Bertz CT molecular complexity index is 1360. The first-order chi connectivity index (χ1) is 15.4. The van der Waals surface area contributed by atoms with Crippen LogP contribution in [0, 0.1) is 30.4 Å². The fraction of sp³-hybridized carbons (Fsp3) is 0.333. The molecule has 1 saturated heterocycles. The number of hydrogen-bond acceptors (Lipinski definition) is 8. The number of aromatic nitrogens is 5. The van der Waals surface area contributed by atoms with E-state index in [0.29, 0.717) is 52.7 Å². The predicted octanol–water partition coefficient (Wildman–Crippen LogP) is 2.75. The molecule has 0 spiro atoms. The Morgan fingerprint density at radius 3 is 2.56 bits per heavy atom. The maximum Gasteiger partial charge on any atom is 0.326 e. The summed E-state index contributed by atoms with van der Waals surface area (Å²) in [6.45, 7) is 2.89. The molecule has 164 valence electrons. The van der Waals surface area contributed by atoms with Crippen molar-refractivity contribution in [2.24, 2.45) is 11.8 Å². The SMILES string of the molecule is CNc1cc(F)c(F)c2c1[nH]c1nc(Oc3cnc(C)nc3)nc(N3CC4C(O)C4C3)c12. The highest BCUT2D eigenvalue weighted by atomic mass is 19.2. The topological polar surface area (TPSA) is 112 Å². The Labute approximate surface area is 180 Å². The van der Waals surface area contributed by atoms with Gasteiger partial charge in [0, 0.05) is 38.0 Å². The number of anilines is 2. The van der Waals surface area contributed by atoms with Crippen LogP contribution in [-0.2, 0) is 0 Å². The molecule has 11 heteroatoms. The van der Waals surface area contributed by atoms with E-state index < -0.39 is 11.6 Å². The van der Waals surface area contributed by atoms with Gasteiger partial charge in [-0.2, -0.15) is 9.97 Å². The van der Waals surface area contributed by atoms with E-state index in [9.17, 15) is 13.9 Å². The van der Waals surface area contributed by atoms with Crippen molar-refractivity contribution in [2.45, 2.75) is 13.0 Å². The quantitative estimate of drug-likeness (QED) is 0.445. The van der Waals surface area contributed by atoms with Crippen molar-refractivity contribution >= 4 is 33.4 Å². The summed E-state index contributed by atoms with van der Waals surface area (Å²) in [4.78, 5) is 22.2. The molecule has 2 fully saturated rings. The molecule has 3 aromatic heterocycles. The molecule has 0 bridgehead atoms. The van der Waals surface area contributed by atoms with Crippen LogP contribution in [0.4, 0.5) is 20.3 Å². The Balaban J connectivity index is 1.56. The molecule has 1 aromatic carbocycles. The number of ether oxygens (including phenoxy) is 1. The first-order valence-corrected chi connectivity index (χ1v) is 10.2. The second-order valence-corrected chi connectivity index (χ2v) is 8.19. The molecule has 2 atom stereocenters. The van der Waals surface area contributed by atoms with Crippen LogP contribution in [-0.4, -0.2) is 56.3 Å². The van der Waals surface area contributed by atoms with Gasteiger partial charge in [-0.05, 0) is 6.92 Å². The van der Waals surface area contributed by atoms with Gasteiger partial charge in [0.15, 0.2) is 17.4 Å². The number of H-pyrrole nitrogens is 1. The monoisotopic (exact) mass is 439 g/mol. The van der Waals surface area contributed by atoms with E-state index in [2.05, 4.69) is 30.2 Å². The number of aromatic amines is 1. The third-order valence-electron chi connectivity index (χ3n) is 6.27. The van der Waals surface area contributed by atoms with E-state index in [-0.39, 0.29) is 29.3 Å². The lowest BCUT2D eigenvalue weighted by molar-refractivity contribution is 0.241. The molecule has 4 heterocycles. The van der Waals surface area contributed by atoms with Gasteiger partial charge in [-0.1, -0.05) is 0 Å². The van der Waals surface area contributed by atoms with Crippen molar-refractivity contribution in [3.63, 3.8) is 0 Å². The molecule has 4 aromatic rings. The van der Waals surface area contributed by atoms with Crippen LogP contribution in [0.15, 0.2) is 18.5 Å². The van der Waals surface area contributed by atoms with Crippen molar-refractivity contribution < 1.29 is 18.6 Å². The Kier molecular flexibility index (Phi) is 4.00. The summed E-state index contributed by atoms with van der Waals surface area (Å²) in [5, 5.41) is 13.3. The van der Waals surface area contributed by atoms with Crippen LogP contribution in [0.3, 0.4) is 0 Å². The maximum absolute atomic E-state index is 15.0. The van der Waals surface area contributed by atoms with Gasteiger partial charge in [0.05, 0.1) is 40.5 Å². The zero-order valence-corrected chi connectivity index (χ0v) is 17.2. The van der Waals surface area contributed by atoms with Gasteiger partial charge < -0.3 is 25.0 Å². The fourth-order valence-corrected chi connectivity index (χ4v) is 4.54. The summed E-state index contributed by atoms with van der Waals surface area (Å²) in [6.07, 6.45) is 2.70. The zero-order valence-electron chi connectivity index (χ0n) is 17.2. The van der Waals surface area contributed by atoms with E-state index in [4.69, 9.17) is 4.74 Å². The number of fused-ring (bicyclic) bond motifs is 4. The number of aryl methyl sites for hydroxylation is 1. The van der Waals surface area contributed by atoms with Crippen LogP contribution in [0.2, 0.25) is 0 Å². The highest BCUT2D eigenvalue weighted by Crippen LogP contribution is 2.48. The van der Waals surface area contributed by atoms with Gasteiger partial charge in [-0.25, -0.2) is 18.7 Å². The summed E-state index contributed by atoms with van der Waals surface area (Å²) in [6, 6.07) is 1.13. The summed E-state index contributed by atoms with van der Waals surface area (Å²) in [7, 11) is 1.63. The Hall–Kier alpha value is -3.60. The minimum atomic E-state index is -0.972. The summed E-state index contributed by atoms with van der Waals surface area (Å²) in [5.74, 6) is -0.272. The molecule has 2 unspecified atom stereocenters. The van der Waals surface area contributed by atoms with Gasteiger partial charge in [-0.15, -0.1) is 0 Å². The normalized spacial score (nSPS) is 21.9. The molecular weight excluding hydrogens is 420 g/mol. The van der Waals surface area contributed by atoms with E-state index in [1.807, 2.05) is 4.90 Å². The lowest BCUT2D eigenvalue weighted by Gasteiger charge is -2.21. The molecule has 0 amide bonds. The van der Waals surface area contributed by atoms with Crippen LogP contribution in [0.25, 0.3) is 21.9 Å². The fourth-order valence-electron chi connectivity index (χ4n) is 4.54. The first-order valence-electron chi connectivity index (χ1n) is 10.2. The summed E-state index contributed by atoms with van der Waals surface area (Å²) in [5.41, 5.74) is 1.10. The zero-order chi connectivity index (χ0) is 22.1. The number of nitrogens with zero attached hydrogens (tertiary/aromatic N) is 5. The number of aliphatic hydroxyl groups is 1. The molecule has 2 aliphatic rings. The molecule has 1 saturated carbocycles. The second-order valence-electron chi connectivity index (χ2n) is 8.19. The average Bonchev–Trinajstić information content (AvgIpc) is 3.15. The van der Waals surface area contributed by atoms with Crippen molar-refractivity contribution in [1.29, 1.82) is 0 Å². The van der Waals surface area contributed by atoms with Crippen molar-refractivity contribution in [1.82, 2.24) is 24.9 Å². The van der Waals surface area contributed by atoms with E-state index in [1.165, 1.54) is 12.4 Å². The molecule has 3 N–H and O–H groups in total. The molecule has 6 rings (SSSR count). The van der Waals surface area contributed by atoms with Crippen molar-refractivity contribution in [2.75, 3.05) is 30.4 Å². The van der Waals surface area contributed by atoms with E-state index >= 15 is 0 Å². The minimum absolute atomic E-state index is 0.0273. The van der Waals surface area contributed by atoms with Gasteiger partial charge in [0.1, 0.15) is 17.3 Å². The van der Waals surface area contributed by atoms with E-state index in [0.717, 1.165) is 6.07 Å². The third-order valence-corrected chi connectivity index (χ3v) is 6.27. The number of halogens is 2. The highest BCUT2D eigenvalue weighted by Gasteiger charge is 2.55. The number of nitrogens with one attached hydrogen (secondary N) is 2. The number of rotatable bonds is 4. The van der Waals surface area contributed by atoms with Gasteiger partial charge in [-0.3, -0.25) is 0 Å². The van der Waals surface area contributed by atoms with Crippen molar-refractivity contribution in [3.05, 3.63) is 35.9 Å². The highest BCUT2D eigenvalue weighted by molar-refractivity contribution is 6.15. The van der Waals surface area contributed by atoms with Crippen LogP contribution in [0.1, 0.15) is 5.82 Å².